The van der Waals surface area contributed by atoms with E-state index in [1.165, 1.54) is 38.0 Å². The molecule has 2 aromatic rings. The first-order valence-electron chi connectivity index (χ1n) is 15.1. The normalized spacial score (nSPS) is 22.3. The van der Waals surface area contributed by atoms with Crippen molar-refractivity contribution in [2.45, 2.75) is 107 Å². The molecule has 3 heterocycles. The van der Waals surface area contributed by atoms with E-state index in [4.69, 9.17) is 9.15 Å². The molecule has 2 fully saturated rings. The summed E-state index contributed by atoms with van der Waals surface area (Å²) in [5.74, 6) is -1.56. The molecule has 1 amide bonds. The number of sulfonamides is 1. The Balaban J connectivity index is 1.47. The Morgan fingerprint density at radius 3 is 2.52 bits per heavy atom. The van der Waals surface area contributed by atoms with Gasteiger partial charge in [-0.25, -0.2) is 17.8 Å². The van der Waals surface area contributed by atoms with Crippen molar-refractivity contribution < 1.29 is 44.7 Å². The zero-order chi connectivity index (χ0) is 31.9. The fourth-order valence-corrected chi connectivity index (χ4v) is 6.96. The van der Waals surface area contributed by atoms with Gasteiger partial charge in [-0.1, -0.05) is 51.5 Å². The molecule has 4 rings (SSSR count). The summed E-state index contributed by atoms with van der Waals surface area (Å²) in [7, 11) is -5.79. The maximum atomic E-state index is 14.4. The predicted molar refractivity (Wildman–Crippen MR) is 153 cm³/mol. The average molecular weight is 646 g/mol. The van der Waals surface area contributed by atoms with E-state index in [2.05, 4.69) is 17.2 Å². The van der Waals surface area contributed by atoms with Crippen LogP contribution in [-0.2, 0) is 26.0 Å². The summed E-state index contributed by atoms with van der Waals surface area (Å²) in [5.41, 5.74) is -5.21. The number of hydrogen-bond donors (Lipinski definition) is 2. The summed E-state index contributed by atoms with van der Waals surface area (Å²) in [6.45, 7) is 2.68. The highest BCUT2D eigenvalue weighted by molar-refractivity contribution is 7.90. The minimum absolute atomic E-state index is 0.0469. The van der Waals surface area contributed by atoms with Crippen molar-refractivity contribution in [1.82, 2.24) is 15.0 Å². The number of rotatable bonds is 17. The van der Waals surface area contributed by atoms with Crippen LogP contribution in [0.3, 0.4) is 0 Å². The zero-order valence-corrected chi connectivity index (χ0v) is 25.4. The number of ether oxygens (including phenoxy) is 1. The van der Waals surface area contributed by atoms with Gasteiger partial charge < -0.3 is 19.3 Å². The number of nitrogens with one attached hydrogen (secondary N) is 2. The number of halogens is 4. The van der Waals surface area contributed by atoms with E-state index in [1.54, 1.807) is 4.72 Å². The lowest BCUT2D eigenvalue weighted by Crippen LogP contribution is -2.39. The van der Waals surface area contributed by atoms with Crippen LogP contribution >= 0.6 is 0 Å². The summed E-state index contributed by atoms with van der Waals surface area (Å²) in [6.07, 6.45) is 9.67. The molecule has 2 saturated heterocycles. The number of aldehydes is 1. The van der Waals surface area contributed by atoms with Gasteiger partial charge in [0, 0.05) is 18.9 Å². The van der Waals surface area contributed by atoms with Gasteiger partial charge in [-0.05, 0) is 48.9 Å². The maximum absolute atomic E-state index is 14.4. The van der Waals surface area contributed by atoms with Crippen LogP contribution in [0.15, 0.2) is 28.9 Å². The fourth-order valence-electron chi connectivity index (χ4n) is 6.23. The molecule has 9 nitrogen and oxygen atoms in total. The number of carbonyl (C=O) groups is 2. The van der Waals surface area contributed by atoms with Crippen molar-refractivity contribution in [2.24, 2.45) is 5.92 Å². The number of hydrogen-bond acceptors (Lipinski definition) is 7. The number of carbonyl (C=O) groups excluding carboxylic acids is 2. The summed E-state index contributed by atoms with van der Waals surface area (Å²) < 4.78 is 91.0. The van der Waals surface area contributed by atoms with Crippen LogP contribution in [-0.4, -0.2) is 49.9 Å². The lowest BCUT2D eigenvalue weighted by atomic mass is 9.75. The minimum atomic E-state index is -5.79. The van der Waals surface area contributed by atoms with Crippen LogP contribution in [0.4, 0.5) is 17.6 Å². The van der Waals surface area contributed by atoms with Gasteiger partial charge in [-0.15, -0.1) is 0 Å². The summed E-state index contributed by atoms with van der Waals surface area (Å²) >= 11 is 0. The van der Waals surface area contributed by atoms with Crippen LogP contribution < -0.4 is 10.0 Å². The van der Waals surface area contributed by atoms with Crippen molar-refractivity contribution in [1.29, 1.82) is 0 Å². The molecular formula is C30H39F4N3O6S. The van der Waals surface area contributed by atoms with Gasteiger partial charge in [0.1, 0.15) is 18.4 Å². The smallest absolute Gasteiger partial charge is 0.448 e. The molecular weight excluding hydrogens is 606 g/mol. The average Bonchev–Trinajstić information content (AvgIpc) is 3.71. The third-order valence-corrected chi connectivity index (χ3v) is 9.60. The second-order valence-corrected chi connectivity index (χ2v) is 13.2. The highest BCUT2D eigenvalue weighted by Crippen LogP contribution is 2.50. The Morgan fingerprint density at radius 1 is 1.11 bits per heavy atom. The van der Waals surface area contributed by atoms with Gasteiger partial charge in [0.15, 0.2) is 5.69 Å². The molecule has 2 bridgehead atoms. The van der Waals surface area contributed by atoms with E-state index in [1.807, 2.05) is 0 Å². The molecule has 0 saturated carbocycles. The standard InChI is InChI=1S/C30H39F4N3O6S/c1-2-3-4-5-6-7-8-14-35-28(39)24-18-42-29(36-24)27-22(25-11-12-26(27)43-25)17-19-16-20(31)9-10-21(19)23(13-15-38)37-44(40,41)30(32,33)34/h9-10,15-16,18,22-23,25-27,37H,2-8,11-14,17H2,1H3,(H,35,39). The van der Waals surface area contributed by atoms with Crippen molar-refractivity contribution in [3.8, 4) is 0 Å². The Bertz CT molecular complexity index is 1380. The molecule has 1 aromatic heterocycles. The topological polar surface area (TPSA) is 128 Å². The Kier molecular flexibility index (Phi) is 11.6. The summed E-state index contributed by atoms with van der Waals surface area (Å²) in [6, 6.07) is 1.73. The number of amides is 1. The first-order chi connectivity index (χ1) is 20.9. The van der Waals surface area contributed by atoms with Crippen LogP contribution in [0.2, 0.25) is 0 Å². The van der Waals surface area contributed by atoms with Gasteiger partial charge in [0.25, 0.3) is 5.91 Å². The number of fused-ring (bicyclic) bond motifs is 2. The molecule has 0 radical (unpaired) electrons. The first kappa shape index (κ1) is 34.0. The van der Waals surface area contributed by atoms with Gasteiger partial charge in [-0.3, -0.25) is 4.79 Å². The third kappa shape index (κ3) is 8.25. The van der Waals surface area contributed by atoms with Crippen molar-refractivity contribution in [2.75, 3.05) is 6.54 Å². The van der Waals surface area contributed by atoms with E-state index < -0.39 is 39.7 Å². The molecule has 2 N–H and O–H groups in total. The SMILES string of the molecule is CCCCCCCCCNC(=O)c1coc(C2C3CCC(O3)C2Cc2cc(F)ccc2C(CC=O)NS(=O)(=O)C(F)(F)F)n1. The highest BCUT2D eigenvalue weighted by atomic mass is 32.2. The molecule has 244 valence electrons. The largest absolute Gasteiger partial charge is 0.511 e. The second-order valence-electron chi connectivity index (χ2n) is 11.5. The molecule has 2 aliphatic rings. The number of benzene rings is 1. The van der Waals surface area contributed by atoms with Crippen LogP contribution in [0.25, 0.3) is 0 Å². The Labute approximate surface area is 254 Å². The monoisotopic (exact) mass is 645 g/mol. The number of alkyl halides is 3. The van der Waals surface area contributed by atoms with Crippen LogP contribution in [0, 0.1) is 11.7 Å². The summed E-state index contributed by atoms with van der Waals surface area (Å²) in [5, 5.41) is 2.86. The van der Waals surface area contributed by atoms with Crippen LogP contribution in [0.5, 0.6) is 0 Å². The molecule has 14 heteroatoms. The van der Waals surface area contributed by atoms with Gasteiger partial charge in [0.2, 0.25) is 5.89 Å². The van der Waals surface area contributed by atoms with Gasteiger partial charge in [0.05, 0.1) is 24.2 Å². The molecule has 0 spiro atoms. The first-order valence-corrected chi connectivity index (χ1v) is 16.6. The lowest BCUT2D eigenvalue weighted by molar-refractivity contribution is -0.108. The maximum Gasteiger partial charge on any atom is 0.511 e. The van der Waals surface area contributed by atoms with E-state index >= 15 is 0 Å². The molecule has 1 aromatic carbocycles. The van der Waals surface area contributed by atoms with Crippen LogP contribution in [0.1, 0.15) is 111 Å². The third-order valence-electron chi connectivity index (χ3n) is 8.40. The minimum Gasteiger partial charge on any atom is -0.448 e. The highest BCUT2D eigenvalue weighted by Gasteiger charge is 2.52. The lowest BCUT2D eigenvalue weighted by Gasteiger charge is -2.28. The van der Waals surface area contributed by atoms with Crippen molar-refractivity contribution >= 4 is 22.2 Å². The van der Waals surface area contributed by atoms with E-state index in [0.29, 0.717) is 25.7 Å². The molecule has 44 heavy (non-hydrogen) atoms. The number of nitrogens with zero attached hydrogens (tertiary/aromatic N) is 1. The fraction of sp³-hybridized carbons (Fsp3) is 0.633. The Morgan fingerprint density at radius 2 is 1.82 bits per heavy atom. The Hall–Kier alpha value is -2.84. The van der Waals surface area contributed by atoms with Gasteiger partial charge >= 0.3 is 15.5 Å². The van der Waals surface area contributed by atoms with E-state index in [0.717, 1.165) is 31.4 Å². The van der Waals surface area contributed by atoms with Gasteiger partial charge in [-0.2, -0.15) is 17.9 Å². The number of oxazole rings is 1. The second kappa shape index (κ2) is 15.0. The summed E-state index contributed by atoms with van der Waals surface area (Å²) in [4.78, 5) is 28.5. The molecule has 5 unspecified atom stereocenters. The molecule has 0 aliphatic carbocycles. The number of aromatic nitrogens is 1. The molecule has 5 atom stereocenters. The number of unbranched alkanes of at least 4 members (excludes halogenated alkanes) is 6. The predicted octanol–water partition coefficient (Wildman–Crippen LogP) is 5.87. The van der Waals surface area contributed by atoms with E-state index in [-0.39, 0.29) is 53.2 Å². The quantitative estimate of drug-likeness (QED) is 0.125. The molecule has 2 aliphatic heterocycles. The van der Waals surface area contributed by atoms with E-state index in [9.17, 15) is 35.6 Å². The van der Waals surface area contributed by atoms with Crippen molar-refractivity contribution in [3.63, 3.8) is 0 Å². The zero-order valence-electron chi connectivity index (χ0n) is 24.6. The van der Waals surface area contributed by atoms with Crippen molar-refractivity contribution in [3.05, 3.63) is 53.0 Å².